The Hall–Kier alpha value is -0.830. The van der Waals surface area contributed by atoms with Crippen LogP contribution in [0.5, 0.6) is 5.75 Å². The van der Waals surface area contributed by atoms with Crippen LogP contribution in [0.1, 0.15) is 29.8 Å². The summed E-state index contributed by atoms with van der Waals surface area (Å²) in [6.45, 7) is 6.06. The van der Waals surface area contributed by atoms with E-state index in [0.717, 1.165) is 15.8 Å². The fraction of sp³-hybridized carbons (Fsp3) is 0.364. The molecule has 0 aliphatic carbocycles. The smallest absolute Gasteiger partial charge is 0.160 e. The predicted octanol–water partition coefficient (Wildman–Crippen LogP) is 3.36. The number of ether oxygens (including phenoxy) is 1. The highest BCUT2D eigenvalue weighted by Crippen LogP contribution is 2.27. The van der Waals surface area contributed by atoms with E-state index >= 15 is 0 Å². The summed E-state index contributed by atoms with van der Waals surface area (Å²) >= 11 is 3.35. The molecule has 14 heavy (non-hydrogen) atoms. The third-order valence-corrected chi connectivity index (χ3v) is 2.60. The topological polar surface area (TPSA) is 26.3 Å². The first-order valence-electron chi connectivity index (χ1n) is 4.50. The van der Waals surface area contributed by atoms with Gasteiger partial charge in [-0.3, -0.25) is 4.79 Å². The number of hydrogen-bond donors (Lipinski definition) is 0. The molecular formula is C11H13BrO2. The summed E-state index contributed by atoms with van der Waals surface area (Å²) in [5, 5.41) is 0. The van der Waals surface area contributed by atoms with Gasteiger partial charge in [0.05, 0.1) is 6.61 Å². The third kappa shape index (κ3) is 2.35. The summed E-state index contributed by atoms with van der Waals surface area (Å²) in [6.07, 6.45) is 0. The first-order valence-corrected chi connectivity index (χ1v) is 5.29. The van der Waals surface area contributed by atoms with Gasteiger partial charge in [0, 0.05) is 10.0 Å². The molecule has 0 atom stereocenters. The van der Waals surface area contributed by atoms with Crippen molar-refractivity contribution in [3.8, 4) is 5.75 Å². The van der Waals surface area contributed by atoms with Crippen LogP contribution in [-0.2, 0) is 0 Å². The first kappa shape index (κ1) is 11.2. The van der Waals surface area contributed by atoms with E-state index in [1.165, 1.54) is 0 Å². The lowest BCUT2D eigenvalue weighted by atomic mass is 10.1. The van der Waals surface area contributed by atoms with Gasteiger partial charge in [-0.1, -0.05) is 0 Å². The normalized spacial score (nSPS) is 10.0. The van der Waals surface area contributed by atoms with Gasteiger partial charge in [-0.2, -0.15) is 0 Å². The molecule has 76 valence electrons. The Kier molecular flexibility index (Phi) is 3.69. The van der Waals surface area contributed by atoms with Crippen LogP contribution >= 0.6 is 15.9 Å². The molecule has 0 saturated heterocycles. The van der Waals surface area contributed by atoms with Crippen molar-refractivity contribution in [2.24, 2.45) is 0 Å². The van der Waals surface area contributed by atoms with E-state index in [0.29, 0.717) is 12.2 Å². The fourth-order valence-electron chi connectivity index (χ4n) is 1.24. The zero-order valence-electron chi connectivity index (χ0n) is 8.56. The van der Waals surface area contributed by atoms with Crippen molar-refractivity contribution in [2.45, 2.75) is 20.8 Å². The van der Waals surface area contributed by atoms with Crippen LogP contribution in [0.25, 0.3) is 0 Å². The van der Waals surface area contributed by atoms with Gasteiger partial charge >= 0.3 is 0 Å². The summed E-state index contributed by atoms with van der Waals surface area (Å²) < 4.78 is 6.20. The summed E-state index contributed by atoms with van der Waals surface area (Å²) in [4.78, 5) is 11.2. The number of hydrogen-bond acceptors (Lipinski definition) is 2. The lowest BCUT2D eigenvalue weighted by Crippen LogP contribution is -1.99. The van der Waals surface area contributed by atoms with Crippen molar-refractivity contribution in [3.05, 3.63) is 27.7 Å². The van der Waals surface area contributed by atoms with Gasteiger partial charge in [-0.25, -0.2) is 0 Å². The predicted molar refractivity (Wildman–Crippen MR) is 60.1 cm³/mol. The van der Waals surface area contributed by atoms with E-state index in [1.54, 1.807) is 6.92 Å². The number of rotatable bonds is 3. The summed E-state index contributed by atoms with van der Waals surface area (Å²) in [7, 11) is 0. The Balaban J connectivity index is 3.17. The SMILES string of the molecule is CCOc1cc(Br)c(C(C)=O)cc1C. The van der Waals surface area contributed by atoms with Crippen LogP contribution in [0, 0.1) is 6.92 Å². The van der Waals surface area contributed by atoms with Crippen LogP contribution < -0.4 is 4.74 Å². The van der Waals surface area contributed by atoms with Gasteiger partial charge in [0.1, 0.15) is 5.75 Å². The molecule has 0 heterocycles. The molecule has 0 aliphatic rings. The zero-order valence-corrected chi connectivity index (χ0v) is 10.1. The number of benzene rings is 1. The highest BCUT2D eigenvalue weighted by atomic mass is 79.9. The Bertz CT molecular complexity index is 359. The van der Waals surface area contributed by atoms with Gasteiger partial charge in [-0.05, 0) is 54.4 Å². The molecule has 0 aliphatic heterocycles. The van der Waals surface area contributed by atoms with E-state index in [-0.39, 0.29) is 5.78 Å². The highest BCUT2D eigenvalue weighted by molar-refractivity contribution is 9.10. The van der Waals surface area contributed by atoms with Crippen molar-refractivity contribution in [2.75, 3.05) is 6.61 Å². The molecule has 0 N–H and O–H groups in total. The minimum atomic E-state index is 0.0584. The van der Waals surface area contributed by atoms with Crippen LogP contribution in [0.3, 0.4) is 0 Å². The number of Topliss-reactive ketones (excluding diaryl/α,β-unsaturated/α-hetero) is 1. The van der Waals surface area contributed by atoms with E-state index in [2.05, 4.69) is 15.9 Å². The van der Waals surface area contributed by atoms with Crippen LogP contribution in [0.4, 0.5) is 0 Å². The molecule has 0 bridgehead atoms. The van der Waals surface area contributed by atoms with E-state index in [1.807, 2.05) is 26.0 Å². The van der Waals surface area contributed by atoms with Crippen molar-refractivity contribution < 1.29 is 9.53 Å². The monoisotopic (exact) mass is 256 g/mol. The molecular weight excluding hydrogens is 244 g/mol. The molecule has 0 unspecified atom stereocenters. The maximum absolute atomic E-state index is 11.2. The average Bonchev–Trinajstić information content (AvgIpc) is 2.10. The molecule has 0 fully saturated rings. The lowest BCUT2D eigenvalue weighted by Gasteiger charge is -2.09. The number of halogens is 1. The second kappa shape index (κ2) is 4.60. The van der Waals surface area contributed by atoms with Gasteiger partial charge in [0.25, 0.3) is 0 Å². The Morgan fingerprint density at radius 2 is 2.14 bits per heavy atom. The number of ketones is 1. The molecule has 0 spiro atoms. The molecule has 0 aromatic heterocycles. The maximum Gasteiger partial charge on any atom is 0.160 e. The quantitative estimate of drug-likeness (QED) is 0.776. The van der Waals surface area contributed by atoms with Crippen molar-refractivity contribution in [1.82, 2.24) is 0 Å². The summed E-state index contributed by atoms with van der Waals surface area (Å²) in [6, 6.07) is 3.69. The molecule has 3 heteroatoms. The van der Waals surface area contributed by atoms with Crippen molar-refractivity contribution in [3.63, 3.8) is 0 Å². The summed E-state index contributed by atoms with van der Waals surface area (Å²) in [5.74, 6) is 0.882. The van der Waals surface area contributed by atoms with Crippen LogP contribution in [-0.4, -0.2) is 12.4 Å². The molecule has 1 rings (SSSR count). The van der Waals surface area contributed by atoms with Gasteiger partial charge in [0.2, 0.25) is 0 Å². The number of aryl methyl sites for hydroxylation is 1. The molecule has 0 amide bonds. The molecule has 0 saturated carbocycles. The third-order valence-electron chi connectivity index (χ3n) is 1.94. The Morgan fingerprint density at radius 1 is 1.50 bits per heavy atom. The molecule has 0 radical (unpaired) electrons. The Labute approximate surface area is 92.4 Å². The summed E-state index contributed by atoms with van der Waals surface area (Å²) in [5.41, 5.74) is 1.69. The van der Waals surface area contributed by atoms with Gasteiger partial charge < -0.3 is 4.74 Å². The largest absolute Gasteiger partial charge is 0.494 e. The molecule has 1 aromatic rings. The molecule has 2 nitrogen and oxygen atoms in total. The fourth-order valence-corrected chi connectivity index (χ4v) is 1.85. The number of carbonyl (C=O) groups excluding carboxylic acids is 1. The van der Waals surface area contributed by atoms with Gasteiger partial charge in [-0.15, -0.1) is 0 Å². The van der Waals surface area contributed by atoms with E-state index < -0.39 is 0 Å². The highest BCUT2D eigenvalue weighted by Gasteiger charge is 2.09. The minimum absolute atomic E-state index is 0.0584. The number of carbonyl (C=O) groups is 1. The van der Waals surface area contributed by atoms with Crippen molar-refractivity contribution in [1.29, 1.82) is 0 Å². The van der Waals surface area contributed by atoms with Crippen molar-refractivity contribution >= 4 is 21.7 Å². The molecule has 1 aromatic carbocycles. The Morgan fingerprint density at radius 3 is 2.64 bits per heavy atom. The van der Waals surface area contributed by atoms with Gasteiger partial charge in [0.15, 0.2) is 5.78 Å². The first-order chi connectivity index (χ1) is 6.56. The zero-order chi connectivity index (χ0) is 10.7. The van der Waals surface area contributed by atoms with E-state index in [4.69, 9.17) is 4.74 Å². The van der Waals surface area contributed by atoms with Crippen LogP contribution in [0.15, 0.2) is 16.6 Å². The second-order valence-corrected chi connectivity index (χ2v) is 3.94. The van der Waals surface area contributed by atoms with Crippen LogP contribution in [0.2, 0.25) is 0 Å². The van der Waals surface area contributed by atoms with E-state index in [9.17, 15) is 4.79 Å². The standard InChI is InChI=1S/C11H13BrO2/c1-4-14-11-6-10(12)9(8(3)13)5-7(11)2/h5-6H,4H2,1-3H3. The average molecular weight is 257 g/mol. The minimum Gasteiger partial charge on any atom is -0.494 e. The maximum atomic E-state index is 11.2. The second-order valence-electron chi connectivity index (χ2n) is 3.09. The lowest BCUT2D eigenvalue weighted by molar-refractivity contribution is 0.101.